The minimum atomic E-state index is -3.49. The van der Waals surface area contributed by atoms with Crippen LogP contribution in [0.25, 0.3) is 0 Å². The van der Waals surface area contributed by atoms with Crippen molar-refractivity contribution < 1.29 is 18.4 Å². The van der Waals surface area contributed by atoms with Gasteiger partial charge in [-0.15, -0.1) is 9.25 Å². The van der Waals surface area contributed by atoms with Crippen molar-refractivity contribution in [2.75, 3.05) is 5.06 Å². The van der Waals surface area contributed by atoms with Crippen molar-refractivity contribution >= 4 is 19.5 Å². The van der Waals surface area contributed by atoms with Crippen LogP contribution in [0.4, 0.5) is 5.69 Å². The van der Waals surface area contributed by atoms with Crippen LogP contribution in [0.5, 0.6) is 0 Å². The molecule has 0 amide bonds. The second-order valence-corrected chi connectivity index (χ2v) is 4.29. The van der Waals surface area contributed by atoms with E-state index in [1.165, 1.54) is 0 Å². The molecule has 1 aromatic carbocycles. The number of rotatable bonds is 1. The van der Waals surface area contributed by atoms with Crippen LogP contribution < -0.4 is 5.06 Å². The number of hydrogen-bond acceptors (Lipinski definition) is 5. The van der Waals surface area contributed by atoms with Crippen LogP contribution in [0.3, 0.4) is 0 Å². The average Bonchev–Trinajstić information content (AvgIpc) is 2.21. The summed E-state index contributed by atoms with van der Waals surface area (Å²) in [5, 5.41) is 9.41. The Bertz CT molecular complexity index is 455. The van der Waals surface area contributed by atoms with Gasteiger partial charge in [-0.05, 0) is 12.1 Å². The van der Waals surface area contributed by atoms with Gasteiger partial charge in [0.1, 0.15) is 0 Å². The van der Waals surface area contributed by atoms with E-state index in [2.05, 4.69) is 9.25 Å². The highest BCUT2D eigenvalue weighted by Gasteiger charge is 2.56. The third kappa shape index (κ3) is 1.25. The van der Waals surface area contributed by atoms with Crippen LogP contribution in [0.15, 0.2) is 30.3 Å². The third-order valence-electron chi connectivity index (χ3n) is 1.89. The molecule has 78 valence electrons. The Hall–Kier alpha value is -1.40. The lowest BCUT2D eigenvalue weighted by Gasteiger charge is -2.44. The van der Waals surface area contributed by atoms with Crippen molar-refractivity contribution in [1.29, 1.82) is 5.41 Å². The molecule has 0 saturated carbocycles. The van der Waals surface area contributed by atoms with Crippen LogP contribution >= 0.6 is 7.82 Å². The SMILES string of the molecule is N=C1N2OP(=O)(O2)ON1c1ccccc1. The van der Waals surface area contributed by atoms with Gasteiger partial charge >= 0.3 is 7.82 Å². The number of para-hydroxylation sites is 1. The monoisotopic (exact) mass is 227 g/mol. The quantitative estimate of drug-likeness (QED) is 0.735. The zero-order valence-electron chi connectivity index (χ0n) is 7.36. The maximum absolute atomic E-state index is 11.4. The normalized spacial score (nSPS) is 28.9. The second kappa shape index (κ2) is 2.80. The fourth-order valence-corrected chi connectivity index (χ4v) is 2.20. The predicted molar refractivity (Wildman–Crippen MR) is 49.3 cm³/mol. The second-order valence-electron chi connectivity index (χ2n) is 2.90. The van der Waals surface area contributed by atoms with E-state index < -0.39 is 7.82 Å². The smallest absolute Gasteiger partial charge is 0.263 e. The molecule has 8 heteroatoms. The molecule has 2 bridgehead atoms. The molecule has 0 aliphatic carbocycles. The Kier molecular flexibility index (Phi) is 1.66. The van der Waals surface area contributed by atoms with Gasteiger partial charge in [-0.2, -0.15) is 9.69 Å². The van der Waals surface area contributed by atoms with Gasteiger partial charge in [0.05, 0.1) is 5.69 Å². The number of fused-ring (bicyclic) bond motifs is 2. The number of hydrogen-bond donors (Lipinski definition) is 1. The summed E-state index contributed by atoms with van der Waals surface area (Å²) < 4.78 is 25.5. The van der Waals surface area contributed by atoms with Crippen LogP contribution in [0.2, 0.25) is 0 Å². The van der Waals surface area contributed by atoms with Crippen molar-refractivity contribution in [1.82, 2.24) is 5.23 Å². The lowest BCUT2D eigenvalue weighted by atomic mass is 10.3. The van der Waals surface area contributed by atoms with Crippen LogP contribution in [0.1, 0.15) is 0 Å². The number of anilines is 1. The van der Waals surface area contributed by atoms with E-state index in [0.717, 1.165) is 10.3 Å². The molecule has 3 fully saturated rings. The summed E-state index contributed by atoms with van der Waals surface area (Å²) >= 11 is 0. The first-order chi connectivity index (χ1) is 7.18. The zero-order valence-corrected chi connectivity index (χ0v) is 8.26. The molecule has 3 saturated heterocycles. The van der Waals surface area contributed by atoms with Crippen LogP contribution in [-0.4, -0.2) is 11.2 Å². The summed E-state index contributed by atoms with van der Waals surface area (Å²) in [5.41, 5.74) is 0.583. The van der Waals surface area contributed by atoms with Gasteiger partial charge < -0.3 is 0 Å². The van der Waals surface area contributed by atoms with Gasteiger partial charge in [0.2, 0.25) is 0 Å². The number of guanidine groups is 1. The standard InChI is InChI=1S/C7H6N3O4P/c8-7-9(6-4-2-1-3-5-6)12-15(11)13-10(7)14-15/h1-5,8H. The number of hydroxylamine groups is 3. The van der Waals surface area contributed by atoms with E-state index >= 15 is 0 Å². The summed E-state index contributed by atoms with van der Waals surface area (Å²) in [7, 11) is -3.49. The van der Waals surface area contributed by atoms with E-state index in [0.29, 0.717) is 5.69 Å². The molecular weight excluding hydrogens is 221 g/mol. The summed E-state index contributed by atoms with van der Waals surface area (Å²) in [6.07, 6.45) is 0. The highest BCUT2D eigenvalue weighted by atomic mass is 31.2. The molecule has 3 heterocycles. The summed E-state index contributed by atoms with van der Waals surface area (Å²) in [5.74, 6) is -0.182. The topological polar surface area (TPSA) is 75.1 Å². The number of phosphoric acid groups is 1. The maximum Gasteiger partial charge on any atom is 0.544 e. The average molecular weight is 227 g/mol. The van der Waals surface area contributed by atoms with Crippen molar-refractivity contribution in [2.24, 2.45) is 0 Å². The molecule has 0 radical (unpaired) electrons. The summed E-state index contributed by atoms with van der Waals surface area (Å²) in [6, 6.07) is 8.81. The first-order valence-electron chi connectivity index (χ1n) is 4.11. The molecule has 0 aromatic heterocycles. The van der Waals surface area contributed by atoms with E-state index in [4.69, 9.17) is 10.0 Å². The van der Waals surface area contributed by atoms with Crippen LogP contribution in [0, 0.1) is 5.41 Å². The van der Waals surface area contributed by atoms with Gasteiger partial charge in [0.15, 0.2) is 0 Å². The van der Waals surface area contributed by atoms with Gasteiger partial charge in [0, 0.05) is 0 Å². The van der Waals surface area contributed by atoms with E-state index in [9.17, 15) is 4.57 Å². The van der Waals surface area contributed by atoms with Crippen molar-refractivity contribution in [2.45, 2.75) is 0 Å². The highest BCUT2D eigenvalue weighted by Crippen LogP contribution is 2.63. The molecule has 4 rings (SSSR count). The van der Waals surface area contributed by atoms with E-state index in [1.54, 1.807) is 24.3 Å². The van der Waals surface area contributed by atoms with E-state index in [-0.39, 0.29) is 5.96 Å². The molecule has 1 N–H and O–H groups in total. The first kappa shape index (κ1) is 8.87. The predicted octanol–water partition coefficient (Wildman–Crippen LogP) is 1.66. The third-order valence-corrected chi connectivity index (χ3v) is 2.95. The summed E-state index contributed by atoms with van der Waals surface area (Å²) in [4.78, 5) is 0. The minimum Gasteiger partial charge on any atom is -0.263 e. The molecule has 1 aromatic rings. The molecule has 7 nitrogen and oxygen atoms in total. The lowest BCUT2D eigenvalue weighted by Crippen LogP contribution is -2.54. The van der Waals surface area contributed by atoms with Crippen molar-refractivity contribution in [3.63, 3.8) is 0 Å². The zero-order chi connectivity index (χ0) is 10.5. The Balaban J connectivity index is 1.95. The lowest BCUT2D eigenvalue weighted by molar-refractivity contribution is -0.317. The Morgan fingerprint density at radius 3 is 2.47 bits per heavy atom. The molecule has 0 spiro atoms. The Morgan fingerprint density at radius 1 is 1.13 bits per heavy atom. The molecule has 15 heavy (non-hydrogen) atoms. The van der Waals surface area contributed by atoms with Gasteiger partial charge in [-0.25, -0.2) is 4.57 Å². The van der Waals surface area contributed by atoms with Gasteiger partial charge in [-0.3, -0.25) is 5.41 Å². The Morgan fingerprint density at radius 2 is 1.80 bits per heavy atom. The molecule has 3 aliphatic rings. The largest absolute Gasteiger partial charge is 0.544 e. The van der Waals surface area contributed by atoms with Crippen molar-refractivity contribution in [3.05, 3.63) is 30.3 Å². The minimum absolute atomic E-state index is 0.182. The number of nitrogens with one attached hydrogen (secondary N) is 1. The molecule has 0 unspecified atom stereocenters. The molecular formula is C7H6N3O4P. The van der Waals surface area contributed by atoms with E-state index in [1.807, 2.05) is 6.07 Å². The Labute approximate surface area is 84.7 Å². The number of benzene rings is 1. The number of nitrogens with zero attached hydrogens (tertiary/aromatic N) is 2. The highest BCUT2D eigenvalue weighted by molar-refractivity contribution is 7.49. The molecule has 3 aliphatic heterocycles. The van der Waals surface area contributed by atoms with Gasteiger partial charge in [-0.1, -0.05) is 23.4 Å². The van der Waals surface area contributed by atoms with Crippen LogP contribution in [-0.2, 0) is 18.4 Å². The fraction of sp³-hybridized carbons (Fsp3) is 0. The fourth-order valence-electron chi connectivity index (χ4n) is 1.24. The summed E-state index contributed by atoms with van der Waals surface area (Å²) in [6.45, 7) is 0. The maximum atomic E-state index is 11.4. The molecule has 0 atom stereocenters. The first-order valence-corrected chi connectivity index (χ1v) is 5.57. The van der Waals surface area contributed by atoms with Crippen molar-refractivity contribution in [3.8, 4) is 0 Å². The van der Waals surface area contributed by atoms with Gasteiger partial charge in [0.25, 0.3) is 5.96 Å².